The first kappa shape index (κ1) is 20.6. The lowest BCUT2D eigenvalue weighted by Gasteiger charge is -2.34. The highest BCUT2D eigenvalue weighted by Gasteiger charge is 2.22. The van der Waals surface area contributed by atoms with Crippen molar-refractivity contribution in [2.75, 3.05) is 32.7 Å². The Labute approximate surface area is 181 Å². The van der Waals surface area contributed by atoms with E-state index in [-0.39, 0.29) is 11.8 Å². The van der Waals surface area contributed by atoms with E-state index in [1.54, 1.807) is 36.5 Å². The molecular formula is C23H24N6O2. The highest BCUT2D eigenvalue weighted by atomic mass is 16.3. The summed E-state index contributed by atoms with van der Waals surface area (Å²) in [7, 11) is 0. The number of nitriles is 1. The number of pyridine rings is 1. The first-order valence-corrected chi connectivity index (χ1v) is 10.3. The van der Waals surface area contributed by atoms with Gasteiger partial charge in [-0.2, -0.15) is 15.0 Å². The van der Waals surface area contributed by atoms with E-state index >= 15 is 0 Å². The summed E-state index contributed by atoms with van der Waals surface area (Å²) in [6.45, 7) is 8.18. The molecule has 1 amide bonds. The van der Waals surface area contributed by atoms with Crippen molar-refractivity contribution < 1.29 is 9.90 Å². The average molecular weight is 416 g/mol. The Hall–Kier alpha value is -3.70. The minimum absolute atomic E-state index is 0.0339. The van der Waals surface area contributed by atoms with Gasteiger partial charge in [0.1, 0.15) is 0 Å². The van der Waals surface area contributed by atoms with Crippen LogP contribution in [0.4, 0.5) is 0 Å². The highest BCUT2D eigenvalue weighted by molar-refractivity contribution is 5.94. The number of amides is 1. The first-order valence-electron chi connectivity index (χ1n) is 10.3. The van der Waals surface area contributed by atoms with E-state index in [4.69, 9.17) is 5.26 Å². The third kappa shape index (κ3) is 4.00. The Morgan fingerprint density at radius 1 is 1.13 bits per heavy atom. The molecule has 1 aromatic carbocycles. The topological polar surface area (TPSA) is 98.3 Å². The van der Waals surface area contributed by atoms with Crippen LogP contribution in [0.2, 0.25) is 0 Å². The number of aromatic nitrogens is 3. The zero-order valence-corrected chi connectivity index (χ0v) is 17.6. The third-order valence-electron chi connectivity index (χ3n) is 5.71. The van der Waals surface area contributed by atoms with E-state index in [0.717, 1.165) is 30.8 Å². The number of likely N-dealkylation sites (N-methyl/N-ethyl adjacent to an activating group) is 1. The lowest BCUT2D eigenvalue weighted by molar-refractivity contribution is 0.0643. The van der Waals surface area contributed by atoms with E-state index in [1.165, 1.54) is 10.9 Å². The fourth-order valence-corrected chi connectivity index (χ4v) is 3.82. The van der Waals surface area contributed by atoms with Gasteiger partial charge < -0.3 is 14.9 Å². The number of hydrogen-bond donors (Lipinski definition) is 1. The zero-order chi connectivity index (χ0) is 22.0. The molecule has 1 saturated heterocycles. The molecule has 1 N–H and O–H groups in total. The Bertz CT molecular complexity index is 1140. The van der Waals surface area contributed by atoms with Crippen molar-refractivity contribution in [3.63, 3.8) is 0 Å². The predicted octanol–water partition coefficient (Wildman–Crippen LogP) is 2.60. The van der Waals surface area contributed by atoms with Crippen LogP contribution in [0, 0.1) is 18.3 Å². The second-order valence-electron chi connectivity index (χ2n) is 7.57. The van der Waals surface area contributed by atoms with Crippen molar-refractivity contribution in [1.82, 2.24) is 24.6 Å². The third-order valence-corrected chi connectivity index (χ3v) is 5.71. The molecule has 0 saturated carbocycles. The molecule has 3 aromatic rings. The fourth-order valence-electron chi connectivity index (χ4n) is 3.82. The van der Waals surface area contributed by atoms with Crippen LogP contribution in [-0.4, -0.2) is 68.3 Å². The van der Waals surface area contributed by atoms with Gasteiger partial charge in [0.2, 0.25) is 5.88 Å². The fraction of sp³-hybridized carbons (Fsp3) is 0.304. The number of rotatable bonds is 4. The van der Waals surface area contributed by atoms with Crippen LogP contribution in [0.5, 0.6) is 5.88 Å². The molecule has 2 aromatic heterocycles. The van der Waals surface area contributed by atoms with Gasteiger partial charge in [0.05, 0.1) is 29.0 Å². The van der Waals surface area contributed by atoms with Crippen LogP contribution in [-0.2, 0) is 0 Å². The molecule has 1 fully saturated rings. The van der Waals surface area contributed by atoms with E-state index in [2.05, 4.69) is 28.0 Å². The molecule has 0 spiro atoms. The van der Waals surface area contributed by atoms with Crippen molar-refractivity contribution in [3.05, 3.63) is 59.4 Å². The Balaban J connectivity index is 1.54. The highest BCUT2D eigenvalue weighted by Crippen LogP contribution is 2.33. The number of aromatic hydroxyl groups is 1. The second-order valence-corrected chi connectivity index (χ2v) is 7.57. The normalized spacial score (nSPS) is 14.4. The zero-order valence-electron chi connectivity index (χ0n) is 17.6. The largest absolute Gasteiger partial charge is 0.493 e. The Kier molecular flexibility index (Phi) is 5.69. The molecule has 158 valence electrons. The summed E-state index contributed by atoms with van der Waals surface area (Å²) in [5, 5.41) is 24.0. The summed E-state index contributed by atoms with van der Waals surface area (Å²) in [5.74, 6) is 0.339. The standard InChI is InChI=1S/C23H24N6O2/c1-3-27-8-10-28(11-9-27)22(30)18-5-7-21(25-14-18)29-23(31)20(15-26-29)19-6-4-17(13-24)12-16(19)2/h4-7,12,14-15,31H,3,8-11H2,1-2H3. The number of hydrogen-bond acceptors (Lipinski definition) is 6. The maximum absolute atomic E-state index is 12.8. The monoisotopic (exact) mass is 416 g/mol. The number of benzene rings is 1. The molecule has 1 aliphatic heterocycles. The van der Waals surface area contributed by atoms with Crippen LogP contribution in [0.3, 0.4) is 0 Å². The number of nitrogens with zero attached hydrogens (tertiary/aromatic N) is 6. The predicted molar refractivity (Wildman–Crippen MR) is 116 cm³/mol. The van der Waals surface area contributed by atoms with Crippen molar-refractivity contribution in [2.45, 2.75) is 13.8 Å². The lowest BCUT2D eigenvalue weighted by atomic mass is 10.0. The minimum Gasteiger partial charge on any atom is -0.493 e. The van der Waals surface area contributed by atoms with Gasteiger partial charge in [0.25, 0.3) is 5.91 Å². The van der Waals surface area contributed by atoms with Crippen molar-refractivity contribution in [3.8, 4) is 28.9 Å². The molecule has 31 heavy (non-hydrogen) atoms. The summed E-state index contributed by atoms with van der Waals surface area (Å²) in [4.78, 5) is 21.3. The molecule has 0 atom stereocenters. The van der Waals surface area contributed by atoms with Crippen LogP contribution in [0.15, 0.2) is 42.7 Å². The smallest absolute Gasteiger partial charge is 0.255 e. The molecule has 0 unspecified atom stereocenters. The summed E-state index contributed by atoms with van der Waals surface area (Å²) < 4.78 is 1.33. The second kappa shape index (κ2) is 8.58. The van der Waals surface area contributed by atoms with Gasteiger partial charge in [-0.05, 0) is 48.9 Å². The van der Waals surface area contributed by atoms with Crippen LogP contribution < -0.4 is 0 Å². The van der Waals surface area contributed by atoms with Crippen molar-refractivity contribution in [2.24, 2.45) is 0 Å². The minimum atomic E-state index is -0.0462. The molecule has 3 heterocycles. The van der Waals surface area contributed by atoms with E-state index in [1.807, 2.05) is 11.8 Å². The number of aryl methyl sites for hydroxylation is 1. The maximum atomic E-state index is 12.8. The van der Waals surface area contributed by atoms with Gasteiger partial charge in [-0.1, -0.05) is 13.0 Å². The van der Waals surface area contributed by atoms with Crippen LogP contribution in [0.1, 0.15) is 28.4 Å². The SMILES string of the molecule is CCN1CCN(C(=O)c2ccc(-n3ncc(-c4ccc(C#N)cc4C)c3O)nc2)CC1. The number of piperazine rings is 1. The summed E-state index contributed by atoms with van der Waals surface area (Å²) in [5.41, 5.74) is 3.29. The summed E-state index contributed by atoms with van der Waals surface area (Å²) in [6, 6.07) is 10.8. The van der Waals surface area contributed by atoms with E-state index < -0.39 is 0 Å². The first-order chi connectivity index (χ1) is 15.0. The van der Waals surface area contributed by atoms with E-state index in [0.29, 0.717) is 35.6 Å². The molecule has 1 aliphatic rings. The number of carbonyl (C=O) groups is 1. The molecule has 4 rings (SSSR count). The van der Waals surface area contributed by atoms with Gasteiger partial charge in [-0.3, -0.25) is 4.79 Å². The van der Waals surface area contributed by atoms with Gasteiger partial charge in [0.15, 0.2) is 5.82 Å². The van der Waals surface area contributed by atoms with Gasteiger partial charge in [0, 0.05) is 32.4 Å². The average Bonchev–Trinajstić information content (AvgIpc) is 3.19. The van der Waals surface area contributed by atoms with Crippen molar-refractivity contribution >= 4 is 5.91 Å². The summed E-state index contributed by atoms with van der Waals surface area (Å²) in [6.07, 6.45) is 3.09. The maximum Gasteiger partial charge on any atom is 0.255 e. The molecule has 8 nitrogen and oxygen atoms in total. The quantitative estimate of drug-likeness (QED) is 0.702. The van der Waals surface area contributed by atoms with Gasteiger partial charge in [-0.25, -0.2) is 4.98 Å². The molecule has 0 radical (unpaired) electrons. The molecule has 8 heteroatoms. The van der Waals surface area contributed by atoms with Crippen LogP contribution >= 0.6 is 0 Å². The summed E-state index contributed by atoms with van der Waals surface area (Å²) >= 11 is 0. The molecule has 0 bridgehead atoms. The van der Waals surface area contributed by atoms with E-state index in [9.17, 15) is 9.90 Å². The van der Waals surface area contributed by atoms with Gasteiger partial charge >= 0.3 is 0 Å². The van der Waals surface area contributed by atoms with Gasteiger partial charge in [-0.15, -0.1) is 0 Å². The Morgan fingerprint density at radius 3 is 2.52 bits per heavy atom. The Morgan fingerprint density at radius 2 is 1.90 bits per heavy atom. The van der Waals surface area contributed by atoms with Crippen molar-refractivity contribution in [1.29, 1.82) is 5.26 Å². The lowest BCUT2D eigenvalue weighted by Crippen LogP contribution is -2.48. The van der Waals surface area contributed by atoms with Crippen LogP contribution in [0.25, 0.3) is 16.9 Å². The molecular weight excluding hydrogens is 392 g/mol. The number of carbonyl (C=O) groups excluding carboxylic acids is 1. The molecule has 0 aliphatic carbocycles.